The van der Waals surface area contributed by atoms with E-state index in [0.29, 0.717) is 35.0 Å². The molecule has 1 fully saturated rings. The van der Waals surface area contributed by atoms with Crippen LogP contribution >= 0.6 is 11.3 Å². The Morgan fingerprint density at radius 1 is 1.03 bits per heavy atom. The highest BCUT2D eigenvalue weighted by atomic mass is 32.2. The topological polar surface area (TPSA) is 94.1 Å². The van der Waals surface area contributed by atoms with Crippen molar-refractivity contribution in [2.45, 2.75) is 62.5 Å². The van der Waals surface area contributed by atoms with E-state index >= 15 is 0 Å². The number of anilines is 2. The second-order valence-electron chi connectivity index (χ2n) is 10.1. The van der Waals surface area contributed by atoms with E-state index in [1.165, 1.54) is 25.6 Å². The lowest BCUT2D eigenvalue weighted by atomic mass is 9.90. The number of nitrogens with one attached hydrogen (secondary N) is 1. The molecule has 4 aromatic rings. The maximum Gasteiger partial charge on any atom is 0.186 e. The average molecular weight is 511 g/mol. The van der Waals surface area contributed by atoms with Gasteiger partial charge in [0.2, 0.25) is 0 Å². The van der Waals surface area contributed by atoms with Gasteiger partial charge in [0.05, 0.1) is 32.6 Å². The normalized spacial score (nSPS) is 15.5. The van der Waals surface area contributed by atoms with E-state index in [1.807, 2.05) is 23.7 Å². The molecule has 2 aromatic heterocycles. The fraction of sp³-hybridized carbons (Fsp3) is 0.423. The van der Waals surface area contributed by atoms with Gasteiger partial charge < -0.3 is 10.1 Å². The number of nitrogens with zero attached hydrogens (tertiary/aromatic N) is 3. The van der Waals surface area contributed by atoms with Crippen LogP contribution in [0.4, 0.5) is 11.5 Å². The van der Waals surface area contributed by atoms with Crippen LogP contribution in [0.2, 0.25) is 0 Å². The fourth-order valence-corrected chi connectivity index (χ4v) is 6.42. The highest BCUT2D eigenvalue weighted by Crippen LogP contribution is 2.38. The number of thiazole rings is 1. The Labute approximate surface area is 209 Å². The number of aromatic nitrogens is 3. The van der Waals surface area contributed by atoms with Crippen molar-refractivity contribution in [3.63, 3.8) is 0 Å². The van der Waals surface area contributed by atoms with Gasteiger partial charge in [-0.25, -0.2) is 23.4 Å². The fourth-order valence-electron chi connectivity index (χ4n) is 4.45. The minimum absolute atomic E-state index is 0.182. The summed E-state index contributed by atoms with van der Waals surface area (Å²) < 4.78 is 33.5. The molecule has 0 radical (unpaired) electrons. The summed E-state index contributed by atoms with van der Waals surface area (Å²) in [7, 11) is -3.68. The summed E-state index contributed by atoms with van der Waals surface area (Å²) in [5.74, 6) is 1.35. The first-order chi connectivity index (χ1) is 16.7. The average Bonchev–Trinajstić information content (AvgIpc) is 3.30. The molecule has 5 rings (SSSR count). The Morgan fingerprint density at radius 3 is 2.60 bits per heavy atom. The van der Waals surface area contributed by atoms with Crippen LogP contribution in [-0.2, 0) is 9.84 Å². The molecular formula is C26H30N4O3S2. The van der Waals surface area contributed by atoms with Crippen LogP contribution in [0.15, 0.2) is 47.1 Å². The maximum atomic E-state index is 13.6. The molecule has 9 heteroatoms. The van der Waals surface area contributed by atoms with Crippen molar-refractivity contribution in [2.75, 3.05) is 11.9 Å². The number of ether oxygens (including phenoxy) is 1. The summed E-state index contributed by atoms with van der Waals surface area (Å²) in [6.07, 6.45) is 7.39. The number of hydrogen-bond acceptors (Lipinski definition) is 8. The third-order valence-electron chi connectivity index (χ3n) is 6.59. The van der Waals surface area contributed by atoms with Crippen LogP contribution in [0.3, 0.4) is 0 Å². The molecule has 1 aliphatic rings. The van der Waals surface area contributed by atoms with Gasteiger partial charge in [-0.3, -0.25) is 0 Å². The summed E-state index contributed by atoms with van der Waals surface area (Å²) in [4.78, 5) is 13.4. The van der Waals surface area contributed by atoms with Gasteiger partial charge in [0.1, 0.15) is 22.8 Å². The van der Waals surface area contributed by atoms with Gasteiger partial charge in [-0.2, -0.15) is 0 Å². The Kier molecular flexibility index (Phi) is 6.40. The first-order valence-electron chi connectivity index (χ1n) is 12.0. The molecule has 1 N–H and O–H groups in total. The second kappa shape index (κ2) is 9.35. The molecule has 35 heavy (non-hydrogen) atoms. The van der Waals surface area contributed by atoms with Crippen molar-refractivity contribution in [1.29, 1.82) is 0 Å². The molecule has 2 heterocycles. The number of fused-ring (bicyclic) bond motifs is 2. The Balaban J connectivity index is 1.56. The molecule has 0 spiro atoms. The van der Waals surface area contributed by atoms with Gasteiger partial charge in [0.15, 0.2) is 9.84 Å². The zero-order valence-electron chi connectivity index (χ0n) is 20.2. The zero-order valence-corrected chi connectivity index (χ0v) is 21.9. The molecule has 0 aliphatic heterocycles. The third-order valence-corrected chi connectivity index (χ3v) is 9.91. The van der Waals surface area contributed by atoms with E-state index in [4.69, 9.17) is 4.74 Å². The minimum atomic E-state index is -3.68. The van der Waals surface area contributed by atoms with E-state index in [9.17, 15) is 8.42 Å². The first-order valence-corrected chi connectivity index (χ1v) is 14.3. The van der Waals surface area contributed by atoms with Crippen LogP contribution in [0, 0.1) is 5.92 Å². The largest absolute Gasteiger partial charge is 0.492 e. The summed E-state index contributed by atoms with van der Waals surface area (Å²) in [6, 6.07) is 9.33. The number of sulfone groups is 1. The van der Waals surface area contributed by atoms with Gasteiger partial charge in [0.25, 0.3) is 0 Å². The summed E-state index contributed by atoms with van der Waals surface area (Å²) in [5.41, 5.74) is 4.16. The lowest BCUT2D eigenvalue weighted by molar-refractivity contribution is 0.205. The smallest absolute Gasteiger partial charge is 0.186 e. The minimum Gasteiger partial charge on any atom is -0.492 e. The van der Waals surface area contributed by atoms with Crippen LogP contribution in [-0.4, -0.2) is 34.7 Å². The molecule has 0 unspecified atom stereocenters. The standard InChI is InChI=1S/C26H30N4O3S2/c1-26(2,3)35(31,32)24-12-19-20(13-22(24)33-14-17-7-5-4-6-8-17)27-15-28-25(19)30-18-9-10-23-21(11-18)29-16-34-23/h9-13,15-17H,4-8,14H2,1-3H3,(H,27,28,30). The molecule has 0 saturated heterocycles. The molecule has 2 aromatic carbocycles. The molecule has 1 saturated carbocycles. The number of rotatable bonds is 6. The van der Waals surface area contributed by atoms with Crippen molar-refractivity contribution in [1.82, 2.24) is 15.0 Å². The van der Waals surface area contributed by atoms with Gasteiger partial charge in [-0.15, -0.1) is 11.3 Å². The molecule has 184 valence electrons. The first kappa shape index (κ1) is 23.9. The summed E-state index contributed by atoms with van der Waals surface area (Å²) in [6.45, 7) is 5.64. The van der Waals surface area contributed by atoms with Crippen LogP contribution in [0.25, 0.3) is 21.1 Å². The van der Waals surface area contributed by atoms with Crippen molar-refractivity contribution in [3.8, 4) is 5.75 Å². The maximum absolute atomic E-state index is 13.6. The van der Waals surface area contributed by atoms with E-state index < -0.39 is 14.6 Å². The number of hydrogen-bond donors (Lipinski definition) is 1. The van der Waals surface area contributed by atoms with Crippen molar-refractivity contribution >= 4 is 53.8 Å². The van der Waals surface area contributed by atoms with Crippen molar-refractivity contribution in [2.24, 2.45) is 5.92 Å². The van der Waals surface area contributed by atoms with E-state index in [1.54, 1.807) is 44.2 Å². The summed E-state index contributed by atoms with van der Waals surface area (Å²) in [5, 5.41) is 3.95. The predicted molar refractivity (Wildman–Crippen MR) is 141 cm³/mol. The Morgan fingerprint density at radius 2 is 1.83 bits per heavy atom. The van der Waals surface area contributed by atoms with Crippen LogP contribution in [0.5, 0.6) is 5.75 Å². The van der Waals surface area contributed by atoms with E-state index in [-0.39, 0.29) is 4.90 Å². The SMILES string of the molecule is CC(C)(C)S(=O)(=O)c1cc2c(Nc3ccc4scnc4c3)ncnc2cc1OCC1CCCCC1. The highest BCUT2D eigenvalue weighted by Gasteiger charge is 2.34. The Bertz CT molecular complexity index is 1470. The summed E-state index contributed by atoms with van der Waals surface area (Å²) >= 11 is 1.58. The van der Waals surface area contributed by atoms with Gasteiger partial charge in [-0.05, 0) is 63.8 Å². The molecule has 0 bridgehead atoms. The van der Waals surface area contributed by atoms with E-state index in [0.717, 1.165) is 28.7 Å². The molecule has 0 amide bonds. The second-order valence-corrected chi connectivity index (χ2v) is 13.7. The zero-order chi connectivity index (χ0) is 24.6. The highest BCUT2D eigenvalue weighted by molar-refractivity contribution is 7.92. The molecule has 7 nitrogen and oxygen atoms in total. The lowest BCUT2D eigenvalue weighted by Crippen LogP contribution is -2.28. The van der Waals surface area contributed by atoms with E-state index in [2.05, 4.69) is 20.3 Å². The number of benzene rings is 2. The van der Waals surface area contributed by atoms with Gasteiger partial charge in [-0.1, -0.05) is 19.3 Å². The van der Waals surface area contributed by atoms with Gasteiger partial charge >= 0.3 is 0 Å². The monoisotopic (exact) mass is 510 g/mol. The lowest BCUT2D eigenvalue weighted by Gasteiger charge is -2.25. The quantitative estimate of drug-likeness (QED) is 0.316. The molecule has 0 atom stereocenters. The molecular weight excluding hydrogens is 480 g/mol. The Hall–Kier alpha value is -2.78. The molecule has 1 aliphatic carbocycles. The predicted octanol–water partition coefficient (Wildman–Crippen LogP) is 6.51. The van der Waals surface area contributed by atoms with Crippen molar-refractivity contribution in [3.05, 3.63) is 42.2 Å². The van der Waals surface area contributed by atoms with Crippen molar-refractivity contribution < 1.29 is 13.2 Å². The van der Waals surface area contributed by atoms with Crippen LogP contribution < -0.4 is 10.1 Å². The van der Waals surface area contributed by atoms with Crippen LogP contribution in [0.1, 0.15) is 52.9 Å². The van der Waals surface area contributed by atoms with Gasteiger partial charge in [0, 0.05) is 17.1 Å². The third kappa shape index (κ3) is 4.84.